The van der Waals surface area contributed by atoms with Crippen molar-refractivity contribution in [3.8, 4) is 17.2 Å². The van der Waals surface area contributed by atoms with Crippen LogP contribution >= 0.6 is 0 Å². The van der Waals surface area contributed by atoms with Crippen LogP contribution in [0.5, 0.6) is 11.5 Å². The normalized spacial score (nSPS) is 11.2. The van der Waals surface area contributed by atoms with Crippen LogP contribution < -0.4 is 19.1 Å². The molecular weight excluding hydrogens is 504 g/mol. The van der Waals surface area contributed by atoms with Crippen molar-refractivity contribution in [3.63, 3.8) is 0 Å². The number of benzene rings is 3. The highest BCUT2D eigenvalue weighted by atomic mass is 32.2. The number of nitrogens with zero attached hydrogens (tertiary/aromatic N) is 3. The summed E-state index contributed by atoms with van der Waals surface area (Å²) in [6.07, 6.45) is 5.17. The zero-order chi connectivity index (χ0) is 27.3. The van der Waals surface area contributed by atoms with Gasteiger partial charge in [-0.25, -0.2) is 13.4 Å². The molecule has 0 aliphatic heterocycles. The second kappa shape index (κ2) is 11.4. The molecule has 0 aliphatic carbocycles. The first kappa shape index (κ1) is 26.7. The van der Waals surface area contributed by atoms with Gasteiger partial charge < -0.3 is 19.4 Å². The molecule has 0 saturated carbocycles. The first-order chi connectivity index (χ1) is 18.2. The second-order valence-electron chi connectivity index (χ2n) is 8.75. The minimum atomic E-state index is -4.14. The van der Waals surface area contributed by atoms with Crippen molar-refractivity contribution in [3.05, 3.63) is 96.1 Å². The molecule has 1 aromatic heterocycles. The molecule has 1 N–H and O–H groups in total. The predicted octanol–water partition coefficient (Wildman–Crippen LogP) is 4.02. The largest absolute Gasteiger partial charge is 0.493 e. The lowest BCUT2D eigenvalue weighted by Gasteiger charge is -2.25. The summed E-state index contributed by atoms with van der Waals surface area (Å²) in [6, 6.07) is 17.4. The molecule has 0 saturated heterocycles. The van der Waals surface area contributed by atoms with E-state index in [1.165, 1.54) is 32.4 Å². The molecule has 0 radical (unpaired) electrons. The van der Waals surface area contributed by atoms with Gasteiger partial charge in [0.25, 0.3) is 10.0 Å². The number of carbonyl (C=O) groups excluding carboxylic acids is 1. The molecule has 0 atom stereocenters. The maximum absolute atomic E-state index is 13.9. The van der Waals surface area contributed by atoms with Crippen molar-refractivity contribution in [2.24, 2.45) is 0 Å². The van der Waals surface area contributed by atoms with Crippen molar-refractivity contribution < 1.29 is 22.7 Å². The van der Waals surface area contributed by atoms with E-state index in [4.69, 9.17) is 9.47 Å². The molecule has 10 heteroatoms. The monoisotopic (exact) mass is 534 g/mol. The van der Waals surface area contributed by atoms with Gasteiger partial charge in [0.1, 0.15) is 6.54 Å². The third kappa shape index (κ3) is 5.81. The summed E-state index contributed by atoms with van der Waals surface area (Å²) in [6.45, 7) is 3.56. The van der Waals surface area contributed by atoms with Crippen LogP contribution in [0.25, 0.3) is 5.69 Å². The Morgan fingerprint density at radius 3 is 2.34 bits per heavy atom. The number of carbonyl (C=O) groups is 1. The highest BCUT2D eigenvalue weighted by Gasteiger charge is 2.29. The zero-order valence-corrected chi connectivity index (χ0v) is 22.5. The molecule has 1 amide bonds. The minimum absolute atomic E-state index is 0.0208. The van der Waals surface area contributed by atoms with Crippen molar-refractivity contribution in [2.45, 2.75) is 25.3 Å². The topological polar surface area (TPSA) is 103 Å². The number of aromatic nitrogens is 2. The summed E-state index contributed by atoms with van der Waals surface area (Å²) >= 11 is 0. The number of rotatable bonds is 10. The standard InChI is InChI=1S/C28H30N4O5S/c1-20-13-21(2)15-23(14-20)32(38(34,35)24-9-10-26(36-3)27(16-24)37-4)18-28(33)30-17-22-7-5-6-8-25(22)31-12-11-29-19-31/h5-16,19H,17-18H2,1-4H3,(H,30,33). The van der Waals surface area contributed by atoms with Gasteiger partial charge in [0.2, 0.25) is 5.91 Å². The number of sulfonamides is 1. The lowest BCUT2D eigenvalue weighted by Crippen LogP contribution is -2.40. The number of anilines is 1. The number of nitrogens with one attached hydrogen (secondary N) is 1. The Morgan fingerprint density at radius 1 is 0.974 bits per heavy atom. The molecule has 198 valence electrons. The fraction of sp³-hybridized carbons (Fsp3) is 0.214. The van der Waals surface area contributed by atoms with Gasteiger partial charge in [-0.3, -0.25) is 9.10 Å². The highest BCUT2D eigenvalue weighted by molar-refractivity contribution is 7.92. The second-order valence-corrected chi connectivity index (χ2v) is 10.6. The average Bonchev–Trinajstić information content (AvgIpc) is 3.44. The molecule has 0 bridgehead atoms. The number of methoxy groups -OCH3 is 2. The number of hydrogen-bond acceptors (Lipinski definition) is 6. The molecule has 9 nitrogen and oxygen atoms in total. The lowest BCUT2D eigenvalue weighted by atomic mass is 10.1. The van der Waals surface area contributed by atoms with Crippen LogP contribution in [-0.2, 0) is 21.4 Å². The van der Waals surface area contributed by atoms with Gasteiger partial charge in [-0.2, -0.15) is 0 Å². The molecule has 0 spiro atoms. The summed E-state index contributed by atoms with van der Waals surface area (Å²) in [5.74, 6) is 0.224. The maximum atomic E-state index is 13.9. The predicted molar refractivity (Wildman–Crippen MR) is 145 cm³/mol. The van der Waals surface area contributed by atoms with Crippen LogP contribution in [0.2, 0.25) is 0 Å². The first-order valence-electron chi connectivity index (χ1n) is 11.9. The number of ether oxygens (including phenoxy) is 2. The Bertz CT molecular complexity index is 1510. The molecule has 38 heavy (non-hydrogen) atoms. The molecule has 0 fully saturated rings. The SMILES string of the molecule is COc1ccc(S(=O)(=O)N(CC(=O)NCc2ccccc2-n2ccnc2)c2cc(C)cc(C)c2)cc1OC. The van der Waals surface area contributed by atoms with Crippen molar-refractivity contribution >= 4 is 21.6 Å². The third-order valence-electron chi connectivity index (χ3n) is 5.97. The van der Waals surface area contributed by atoms with Gasteiger partial charge in [-0.05, 0) is 60.9 Å². The van der Waals surface area contributed by atoms with Crippen LogP contribution in [0.3, 0.4) is 0 Å². The van der Waals surface area contributed by atoms with Gasteiger partial charge >= 0.3 is 0 Å². The van der Waals surface area contributed by atoms with Crippen LogP contribution in [0.1, 0.15) is 16.7 Å². The van der Waals surface area contributed by atoms with E-state index in [0.717, 1.165) is 26.7 Å². The minimum Gasteiger partial charge on any atom is -0.493 e. The van der Waals surface area contributed by atoms with Crippen molar-refractivity contribution in [1.29, 1.82) is 0 Å². The molecule has 4 aromatic rings. The molecule has 3 aromatic carbocycles. The van der Waals surface area contributed by atoms with E-state index in [-0.39, 0.29) is 17.2 Å². The summed E-state index contributed by atoms with van der Waals surface area (Å²) in [5.41, 5.74) is 3.88. The molecular formula is C28H30N4O5S. The smallest absolute Gasteiger partial charge is 0.264 e. The number of imidazole rings is 1. The van der Waals surface area contributed by atoms with Gasteiger partial charge in [-0.1, -0.05) is 24.3 Å². The Kier molecular flexibility index (Phi) is 8.02. The van der Waals surface area contributed by atoms with E-state index < -0.39 is 22.5 Å². The summed E-state index contributed by atoms with van der Waals surface area (Å²) in [5, 5.41) is 2.87. The van der Waals surface area contributed by atoms with Crippen LogP contribution in [0.15, 0.2) is 84.3 Å². The Labute approximate surface area is 222 Å². The van der Waals surface area contributed by atoms with Gasteiger partial charge in [0.15, 0.2) is 11.5 Å². The van der Waals surface area contributed by atoms with E-state index >= 15 is 0 Å². The quantitative estimate of drug-likeness (QED) is 0.330. The number of para-hydroxylation sites is 1. The van der Waals surface area contributed by atoms with Gasteiger partial charge in [-0.15, -0.1) is 0 Å². The zero-order valence-electron chi connectivity index (χ0n) is 21.7. The van der Waals surface area contributed by atoms with E-state index in [1.54, 1.807) is 24.7 Å². The number of aryl methyl sites for hydroxylation is 2. The van der Waals surface area contributed by atoms with Gasteiger partial charge in [0.05, 0.1) is 36.8 Å². The van der Waals surface area contributed by atoms with Gasteiger partial charge in [0, 0.05) is 25.0 Å². The van der Waals surface area contributed by atoms with Crippen molar-refractivity contribution in [1.82, 2.24) is 14.9 Å². The Balaban J connectivity index is 1.64. The molecule has 0 unspecified atom stereocenters. The van der Waals surface area contributed by atoms with E-state index in [1.807, 2.05) is 54.9 Å². The molecule has 4 rings (SSSR count). The first-order valence-corrected chi connectivity index (χ1v) is 13.3. The van der Waals surface area contributed by atoms with E-state index in [9.17, 15) is 13.2 Å². The summed E-state index contributed by atoms with van der Waals surface area (Å²) in [7, 11) is -1.23. The van der Waals surface area contributed by atoms with E-state index in [0.29, 0.717) is 11.4 Å². The summed E-state index contributed by atoms with van der Waals surface area (Å²) in [4.78, 5) is 17.3. The van der Waals surface area contributed by atoms with Crippen LogP contribution in [0.4, 0.5) is 5.69 Å². The van der Waals surface area contributed by atoms with Crippen molar-refractivity contribution in [2.75, 3.05) is 25.1 Å². The maximum Gasteiger partial charge on any atom is 0.264 e. The van der Waals surface area contributed by atoms with Crippen LogP contribution in [-0.4, -0.2) is 44.6 Å². The fourth-order valence-corrected chi connectivity index (χ4v) is 5.63. The Hall–Kier alpha value is -4.31. The molecule has 1 heterocycles. The summed E-state index contributed by atoms with van der Waals surface area (Å²) < 4.78 is 41.3. The van der Waals surface area contributed by atoms with Crippen LogP contribution in [0, 0.1) is 13.8 Å². The highest BCUT2D eigenvalue weighted by Crippen LogP contribution is 2.32. The lowest BCUT2D eigenvalue weighted by molar-refractivity contribution is -0.119. The molecule has 0 aliphatic rings. The number of amides is 1. The Morgan fingerprint density at radius 2 is 1.68 bits per heavy atom. The van der Waals surface area contributed by atoms with E-state index in [2.05, 4.69) is 10.3 Å². The number of hydrogen-bond donors (Lipinski definition) is 1. The fourth-order valence-electron chi connectivity index (χ4n) is 4.21. The third-order valence-corrected chi connectivity index (χ3v) is 7.74. The average molecular weight is 535 g/mol.